The van der Waals surface area contributed by atoms with Crippen molar-refractivity contribution in [3.8, 4) is 0 Å². The molecular weight excluding hydrogens is 216 g/mol. The van der Waals surface area contributed by atoms with Crippen LogP contribution in [0, 0.1) is 0 Å². The van der Waals surface area contributed by atoms with E-state index in [0.29, 0.717) is 6.04 Å². The van der Waals surface area contributed by atoms with Gasteiger partial charge < -0.3 is 20.1 Å². The van der Waals surface area contributed by atoms with Crippen LogP contribution < -0.4 is 5.32 Å². The first-order chi connectivity index (χ1) is 8.30. The minimum Gasteiger partial charge on any atom is -0.395 e. The first-order valence-electron chi connectivity index (χ1n) is 6.97. The highest BCUT2D eigenvalue weighted by Crippen LogP contribution is 2.19. The summed E-state index contributed by atoms with van der Waals surface area (Å²) in [4.78, 5) is 2.38. The molecule has 0 saturated heterocycles. The number of aliphatic hydroxyl groups is 1. The van der Waals surface area contributed by atoms with Crippen molar-refractivity contribution in [3.05, 3.63) is 0 Å². The Balaban J connectivity index is 2.10. The van der Waals surface area contributed by atoms with Crippen molar-refractivity contribution in [2.24, 2.45) is 0 Å². The quantitative estimate of drug-likeness (QED) is 0.529. The Hall–Kier alpha value is -0.160. The highest BCUT2D eigenvalue weighted by Gasteiger charge is 2.24. The summed E-state index contributed by atoms with van der Waals surface area (Å²) >= 11 is 0. The van der Waals surface area contributed by atoms with Crippen LogP contribution in [-0.4, -0.2) is 61.5 Å². The number of rotatable bonds is 11. The molecule has 1 saturated carbocycles. The summed E-state index contributed by atoms with van der Waals surface area (Å²) in [5.41, 5.74) is 0. The van der Waals surface area contributed by atoms with Crippen LogP contribution in [0.5, 0.6) is 0 Å². The van der Waals surface area contributed by atoms with Gasteiger partial charge in [-0.1, -0.05) is 6.92 Å². The van der Waals surface area contributed by atoms with Crippen molar-refractivity contribution in [1.82, 2.24) is 10.2 Å². The van der Waals surface area contributed by atoms with Gasteiger partial charge in [-0.2, -0.15) is 0 Å². The largest absolute Gasteiger partial charge is 0.395 e. The fourth-order valence-corrected chi connectivity index (χ4v) is 1.92. The molecule has 4 heteroatoms. The van der Waals surface area contributed by atoms with Crippen LogP contribution in [0.4, 0.5) is 0 Å². The van der Waals surface area contributed by atoms with E-state index in [4.69, 9.17) is 4.74 Å². The zero-order valence-corrected chi connectivity index (χ0v) is 11.3. The fourth-order valence-electron chi connectivity index (χ4n) is 1.92. The van der Waals surface area contributed by atoms with Crippen LogP contribution >= 0.6 is 0 Å². The third kappa shape index (κ3) is 6.99. The first kappa shape index (κ1) is 14.9. The average molecular weight is 244 g/mol. The molecule has 17 heavy (non-hydrogen) atoms. The summed E-state index contributed by atoms with van der Waals surface area (Å²) in [6.45, 7) is 9.13. The van der Waals surface area contributed by atoms with Crippen LogP contribution in [0.1, 0.15) is 33.1 Å². The number of hydrogen-bond acceptors (Lipinski definition) is 4. The molecule has 0 radical (unpaired) electrons. The molecule has 1 aliphatic rings. The first-order valence-corrected chi connectivity index (χ1v) is 6.97. The monoisotopic (exact) mass is 244 g/mol. The lowest BCUT2D eigenvalue weighted by atomic mass is 10.2. The molecule has 0 bridgehead atoms. The molecule has 1 aliphatic carbocycles. The van der Waals surface area contributed by atoms with Gasteiger partial charge in [-0.3, -0.25) is 0 Å². The zero-order chi connectivity index (χ0) is 12.5. The van der Waals surface area contributed by atoms with Crippen molar-refractivity contribution in [2.45, 2.75) is 45.2 Å². The molecule has 0 spiro atoms. The predicted molar refractivity (Wildman–Crippen MR) is 70.3 cm³/mol. The summed E-state index contributed by atoms with van der Waals surface area (Å²) in [6.07, 6.45) is 3.57. The van der Waals surface area contributed by atoms with Crippen molar-refractivity contribution in [2.75, 3.05) is 39.5 Å². The Labute approximate surface area is 105 Å². The molecule has 102 valence electrons. The topological polar surface area (TPSA) is 44.7 Å². The Kier molecular flexibility index (Phi) is 7.77. The molecule has 0 aliphatic heterocycles. The highest BCUT2D eigenvalue weighted by atomic mass is 16.5. The SMILES string of the molecule is CCOCCN(CC)CCC(CO)NC1CC1. The molecule has 0 amide bonds. The van der Waals surface area contributed by atoms with Gasteiger partial charge in [-0.05, 0) is 39.3 Å². The Morgan fingerprint density at radius 3 is 2.65 bits per heavy atom. The number of likely N-dealkylation sites (N-methyl/N-ethyl adjacent to an activating group) is 1. The predicted octanol–water partition coefficient (Wildman–Crippen LogP) is 0.848. The lowest BCUT2D eigenvalue weighted by molar-refractivity contribution is 0.111. The lowest BCUT2D eigenvalue weighted by Crippen LogP contribution is -2.38. The van der Waals surface area contributed by atoms with Gasteiger partial charge in [0.2, 0.25) is 0 Å². The second-order valence-corrected chi connectivity index (χ2v) is 4.74. The van der Waals surface area contributed by atoms with Gasteiger partial charge in [0.15, 0.2) is 0 Å². The van der Waals surface area contributed by atoms with Crippen LogP contribution in [0.15, 0.2) is 0 Å². The normalized spacial score (nSPS) is 17.6. The minimum atomic E-state index is 0.250. The number of aliphatic hydroxyl groups excluding tert-OH is 1. The van der Waals surface area contributed by atoms with E-state index in [1.807, 2.05) is 6.92 Å². The maximum atomic E-state index is 9.30. The molecule has 0 heterocycles. The number of nitrogens with zero attached hydrogens (tertiary/aromatic N) is 1. The second kappa shape index (κ2) is 8.86. The molecule has 2 N–H and O–H groups in total. The van der Waals surface area contributed by atoms with Crippen molar-refractivity contribution in [1.29, 1.82) is 0 Å². The number of nitrogens with one attached hydrogen (secondary N) is 1. The van der Waals surface area contributed by atoms with Gasteiger partial charge in [0.25, 0.3) is 0 Å². The van der Waals surface area contributed by atoms with E-state index in [9.17, 15) is 5.11 Å². The van der Waals surface area contributed by atoms with Crippen LogP contribution in [0.3, 0.4) is 0 Å². The molecule has 4 nitrogen and oxygen atoms in total. The lowest BCUT2D eigenvalue weighted by Gasteiger charge is -2.23. The van der Waals surface area contributed by atoms with Crippen molar-refractivity contribution in [3.63, 3.8) is 0 Å². The van der Waals surface area contributed by atoms with E-state index in [1.54, 1.807) is 0 Å². The van der Waals surface area contributed by atoms with E-state index in [-0.39, 0.29) is 12.6 Å². The summed E-state index contributed by atoms with van der Waals surface area (Å²) in [7, 11) is 0. The summed E-state index contributed by atoms with van der Waals surface area (Å²) < 4.78 is 5.37. The fraction of sp³-hybridized carbons (Fsp3) is 1.00. The molecule has 1 unspecified atom stereocenters. The summed E-state index contributed by atoms with van der Waals surface area (Å²) in [5, 5.41) is 12.8. The van der Waals surface area contributed by atoms with Gasteiger partial charge in [-0.25, -0.2) is 0 Å². The molecule has 0 aromatic carbocycles. The van der Waals surface area contributed by atoms with Gasteiger partial charge in [-0.15, -0.1) is 0 Å². The van der Waals surface area contributed by atoms with Crippen LogP contribution in [0.2, 0.25) is 0 Å². The van der Waals surface area contributed by atoms with Gasteiger partial charge in [0, 0.05) is 25.2 Å². The van der Waals surface area contributed by atoms with Gasteiger partial charge >= 0.3 is 0 Å². The molecule has 1 atom stereocenters. The number of hydrogen-bond donors (Lipinski definition) is 2. The Bertz CT molecular complexity index is 186. The maximum absolute atomic E-state index is 9.30. The standard InChI is InChI=1S/C13H28N2O2/c1-3-15(9-10-17-4-2)8-7-13(11-16)14-12-5-6-12/h12-14,16H,3-11H2,1-2H3. The Morgan fingerprint density at radius 1 is 1.35 bits per heavy atom. The molecule has 0 aromatic rings. The van der Waals surface area contributed by atoms with E-state index in [2.05, 4.69) is 17.1 Å². The summed E-state index contributed by atoms with van der Waals surface area (Å²) in [5.74, 6) is 0. The van der Waals surface area contributed by atoms with Crippen LogP contribution in [0.25, 0.3) is 0 Å². The third-order valence-electron chi connectivity index (χ3n) is 3.27. The van der Waals surface area contributed by atoms with E-state index in [1.165, 1.54) is 12.8 Å². The smallest absolute Gasteiger partial charge is 0.0593 e. The molecular formula is C13H28N2O2. The molecule has 0 aromatic heterocycles. The van der Waals surface area contributed by atoms with Gasteiger partial charge in [0.1, 0.15) is 0 Å². The van der Waals surface area contributed by atoms with Crippen LogP contribution in [-0.2, 0) is 4.74 Å². The average Bonchev–Trinajstić information content (AvgIpc) is 3.15. The van der Waals surface area contributed by atoms with E-state index < -0.39 is 0 Å². The second-order valence-electron chi connectivity index (χ2n) is 4.74. The minimum absolute atomic E-state index is 0.250. The summed E-state index contributed by atoms with van der Waals surface area (Å²) in [6, 6.07) is 0.939. The van der Waals surface area contributed by atoms with Crippen molar-refractivity contribution >= 4 is 0 Å². The van der Waals surface area contributed by atoms with Crippen molar-refractivity contribution < 1.29 is 9.84 Å². The number of ether oxygens (including phenoxy) is 1. The molecule has 1 rings (SSSR count). The third-order valence-corrected chi connectivity index (χ3v) is 3.27. The highest BCUT2D eigenvalue weighted by molar-refractivity contribution is 4.84. The maximum Gasteiger partial charge on any atom is 0.0593 e. The van der Waals surface area contributed by atoms with E-state index in [0.717, 1.165) is 39.3 Å². The molecule has 1 fully saturated rings. The zero-order valence-electron chi connectivity index (χ0n) is 11.3. The van der Waals surface area contributed by atoms with Gasteiger partial charge in [0.05, 0.1) is 13.2 Å². The van der Waals surface area contributed by atoms with E-state index >= 15 is 0 Å². The Morgan fingerprint density at radius 2 is 2.12 bits per heavy atom.